The molecule has 4 nitrogen and oxygen atoms in total. The molecule has 3 atom stereocenters. The Morgan fingerprint density at radius 2 is 2.00 bits per heavy atom. The van der Waals surface area contributed by atoms with Crippen LogP contribution in [0.1, 0.15) is 31.2 Å². The summed E-state index contributed by atoms with van der Waals surface area (Å²) in [5, 5.41) is 14.2. The molecule has 1 aromatic rings. The van der Waals surface area contributed by atoms with E-state index in [1.54, 1.807) is 12.1 Å². The minimum atomic E-state index is -0.350. The second-order valence-electron chi connectivity index (χ2n) is 5.91. The van der Waals surface area contributed by atoms with Crippen LogP contribution in [0, 0.1) is 22.0 Å². The highest BCUT2D eigenvalue weighted by Crippen LogP contribution is 2.44. The van der Waals surface area contributed by atoms with Crippen LogP contribution >= 0.6 is 0 Å². The number of non-ortho nitro benzene ring substituents is 1. The molecule has 0 saturated heterocycles. The molecule has 0 radical (unpaired) electrons. The number of nitrogens with zero attached hydrogens (tertiary/aromatic N) is 1. The predicted octanol–water partition coefficient (Wildman–Crippen LogP) is 2.92. The van der Waals surface area contributed by atoms with Crippen LogP contribution in [0.3, 0.4) is 0 Å². The maximum atomic E-state index is 10.6. The summed E-state index contributed by atoms with van der Waals surface area (Å²) in [5.74, 6) is 1.88. The van der Waals surface area contributed by atoms with Crippen LogP contribution in [0.2, 0.25) is 0 Å². The molecule has 102 valence electrons. The highest BCUT2D eigenvalue weighted by Gasteiger charge is 2.38. The first-order chi connectivity index (χ1) is 9.22. The number of nitro benzene ring substituents is 1. The van der Waals surface area contributed by atoms with Gasteiger partial charge in [-0.25, -0.2) is 0 Å². The van der Waals surface area contributed by atoms with Gasteiger partial charge in [0.1, 0.15) is 0 Å². The first-order valence-corrected chi connectivity index (χ1v) is 7.19. The molecule has 0 amide bonds. The molecule has 0 heterocycles. The van der Waals surface area contributed by atoms with Gasteiger partial charge < -0.3 is 5.32 Å². The van der Waals surface area contributed by atoms with E-state index in [2.05, 4.69) is 5.32 Å². The third-order valence-electron chi connectivity index (χ3n) is 4.71. The van der Waals surface area contributed by atoms with E-state index >= 15 is 0 Å². The van der Waals surface area contributed by atoms with Crippen LogP contribution in [0.5, 0.6) is 0 Å². The van der Waals surface area contributed by atoms with Crippen LogP contribution in [0.4, 0.5) is 5.69 Å². The standard InChI is InChI=1S/C15H20N2O2/c18-17(19)14-5-2-11(3-6-14)7-8-16-15-10-12-1-4-13(15)9-12/h2-3,5-6,12-13,15-16H,1,4,7-10H2/t12-,13-,15+/m1/s1. The number of rotatable bonds is 5. The topological polar surface area (TPSA) is 55.2 Å². The molecular weight excluding hydrogens is 240 g/mol. The molecular formula is C15H20N2O2. The first-order valence-electron chi connectivity index (χ1n) is 7.19. The molecule has 2 bridgehead atoms. The van der Waals surface area contributed by atoms with Gasteiger partial charge in [-0.2, -0.15) is 0 Å². The van der Waals surface area contributed by atoms with E-state index in [-0.39, 0.29) is 10.6 Å². The Labute approximate surface area is 113 Å². The van der Waals surface area contributed by atoms with E-state index in [1.807, 2.05) is 12.1 Å². The van der Waals surface area contributed by atoms with Gasteiger partial charge in [0, 0.05) is 18.2 Å². The SMILES string of the molecule is O=[N+]([O-])c1ccc(CCN[C@H]2C[C@@H]3CC[C@@H]2C3)cc1. The maximum Gasteiger partial charge on any atom is 0.269 e. The van der Waals surface area contributed by atoms with E-state index in [4.69, 9.17) is 0 Å². The minimum absolute atomic E-state index is 0.171. The van der Waals surface area contributed by atoms with Gasteiger partial charge >= 0.3 is 0 Å². The van der Waals surface area contributed by atoms with Gasteiger partial charge in [-0.05, 0) is 49.6 Å². The van der Waals surface area contributed by atoms with E-state index in [0.717, 1.165) is 30.8 Å². The van der Waals surface area contributed by atoms with Crippen LogP contribution in [0.25, 0.3) is 0 Å². The summed E-state index contributed by atoms with van der Waals surface area (Å²) in [4.78, 5) is 10.2. The number of hydrogen-bond acceptors (Lipinski definition) is 3. The Morgan fingerprint density at radius 1 is 1.21 bits per heavy atom. The maximum absolute atomic E-state index is 10.6. The molecule has 0 aliphatic heterocycles. The first kappa shape index (κ1) is 12.6. The number of benzene rings is 1. The van der Waals surface area contributed by atoms with Crippen molar-refractivity contribution in [1.82, 2.24) is 5.32 Å². The van der Waals surface area contributed by atoms with E-state index in [0.29, 0.717) is 0 Å². The Kier molecular flexibility index (Phi) is 3.51. The molecule has 0 spiro atoms. The van der Waals surface area contributed by atoms with Crippen LogP contribution < -0.4 is 5.32 Å². The highest BCUT2D eigenvalue weighted by molar-refractivity contribution is 5.32. The lowest BCUT2D eigenvalue weighted by Crippen LogP contribution is -2.35. The van der Waals surface area contributed by atoms with Crippen LogP contribution in [-0.4, -0.2) is 17.5 Å². The third kappa shape index (κ3) is 2.78. The summed E-state index contributed by atoms with van der Waals surface area (Å²) in [7, 11) is 0. The quantitative estimate of drug-likeness (QED) is 0.654. The predicted molar refractivity (Wildman–Crippen MR) is 74.0 cm³/mol. The summed E-state index contributed by atoms with van der Waals surface area (Å²) in [6.07, 6.45) is 6.57. The molecule has 3 rings (SSSR count). The van der Waals surface area contributed by atoms with Gasteiger partial charge in [0.2, 0.25) is 0 Å². The second kappa shape index (κ2) is 5.29. The summed E-state index contributed by atoms with van der Waals surface area (Å²) in [5.41, 5.74) is 1.34. The Balaban J connectivity index is 1.46. The molecule has 0 unspecified atom stereocenters. The molecule has 4 heteroatoms. The number of nitrogens with one attached hydrogen (secondary N) is 1. The summed E-state index contributed by atoms with van der Waals surface area (Å²) in [6.45, 7) is 0.978. The molecule has 19 heavy (non-hydrogen) atoms. The van der Waals surface area contributed by atoms with Crippen molar-refractivity contribution < 1.29 is 4.92 Å². The van der Waals surface area contributed by atoms with Crippen molar-refractivity contribution in [2.45, 2.75) is 38.1 Å². The van der Waals surface area contributed by atoms with Crippen molar-refractivity contribution in [3.8, 4) is 0 Å². The average molecular weight is 260 g/mol. The number of fused-ring (bicyclic) bond motifs is 2. The van der Waals surface area contributed by atoms with Gasteiger partial charge in [0.25, 0.3) is 5.69 Å². The smallest absolute Gasteiger partial charge is 0.269 e. The zero-order valence-corrected chi connectivity index (χ0v) is 11.0. The van der Waals surface area contributed by atoms with Crippen molar-refractivity contribution in [3.05, 3.63) is 39.9 Å². The third-order valence-corrected chi connectivity index (χ3v) is 4.71. The fourth-order valence-corrected chi connectivity index (χ4v) is 3.68. The summed E-state index contributed by atoms with van der Waals surface area (Å²) in [6, 6.07) is 7.62. The van der Waals surface area contributed by atoms with Crippen molar-refractivity contribution in [3.63, 3.8) is 0 Å². The van der Waals surface area contributed by atoms with Gasteiger partial charge in [-0.15, -0.1) is 0 Å². The van der Waals surface area contributed by atoms with Gasteiger partial charge in [-0.1, -0.05) is 18.6 Å². The average Bonchev–Trinajstić information content (AvgIpc) is 3.02. The van der Waals surface area contributed by atoms with Crippen molar-refractivity contribution >= 4 is 5.69 Å². The summed E-state index contributed by atoms with van der Waals surface area (Å²) < 4.78 is 0. The van der Waals surface area contributed by atoms with Gasteiger partial charge in [-0.3, -0.25) is 10.1 Å². The van der Waals surface area contributed by atoms with Crippen LogP contribution in [-0.2, 0) is 6.42 Å². The molecule has 1 aromatic carbocycles. The van der Waals surface area contributed by atoms with Crippen molar-refractivity contribution in [2.75, 3.05) is 6.54 Å². The monoisotopic (exact) mass is 260 g/mol. The molecule has 2 saturated carbocycles. The van der Waals surface area contributed by atoms with E-state index in [1.165, 1.54) is 31.2 Å². The molecule has 0 aromatic heterocycles. The Bertz CT molecular complexity index is 458. The Hall–Kier alpha value is -1.42. The number of hydrogen-bond donors (Lipinski definition) is 1. The zero-order chi connectivity index (χ0) is 13.2. The molecule has 2 aliphatic carbocycles. The number of nitro groups is 1. The van der Waals surface area contributed by atoms with E-state index in [9.17, 15) is 10.1 Å². The lowest BCUT2D eigenvalue weighted by Gasteiger charge is -2.22. The lowest BCUT2D eigenvalue weighted by molar-refractivity contribution is -0.384. The van der Waals surface area contributed by atoms with Gasteiger partial charge in [0.15, 0.2) is 0 Å². The largest absolute Gasteiger partial charge is 0.313 e. The summed E-state index contributed by atoms with van der Waals surface area (Å²) >= 11 is 0. The molecule has 1 N–H and O–H groups in total. The second-order valence-corrected chi connectivity index (χ2v) is 5.91. The van der Waals surface area contributed by atoms with Crippen LogP contribution in [0.15, 0.2) is 24.3 Å². The normalized spacial score (nSPS) is 28.7. The van der Waals surface area contributed by atoms with E-state index < -0.39 is 0 Å². The zero-order valence-electron chi connectivity index (χ0n) is 11.0. The van der Waals surface area contributed by atoms with Gasteiger partial charge in [0.05, 0.1) is 4.92 Å². The minimum Gasteiger partial charge on any atom is -0.313 e. The van der Waals surface area contributed by atoms with Crippen molar-refractivity contribution in [2.24, 2.45) is 11.8 Å². The molecule has 2 aliphatic rings. The molecule has 2 fully saturated rings. The van der Waals surface area contributed by atoms with Crippen molar-refractivity contribution in [1.29, 1.82) is 0 Å². The fourth-order valence-electron chi connectivity index (χ4n) is 3.68. The fraction of sp³-hybridized carbons (Fsp3) is 0.600. The Morgan fingerprint density at radius 3 is 2.58 bits per heavy atom. The lowest BCUT2D eigenvalue weighted by atomic mass is 9.95. The highest BCUT2D eigenvalue weighted by atomic mass is 16.6.